The first kappa shape index (κ1) is 7.07. The average molecular weight is 140 g/mol. The number of hydrogen-bond donors (Lipinski definition) is 0. The molecule has 1 heteroatoms. The van der Waals surface area contributed by atoms with E-state index in [0.717, 1.165) is 0 Å². The van der Waals surface area contributed by atoms with Crippen LogP contribution in [0.3, 0.4) is 0 Å². The first-order valence-corrected chi connectivity index (χ1v) is 5.82. The fourth-order valence-corrected chi connectivity index (χ4v) is 3.00. The van der Waals surface area contributed by atoms with Crippen molar-refractivity contribution in [2.45, 2.75) is 38.7 Å². The minimum Gasteiger partial charge on any atom is -0.0918 e. The van der Waals surface area contributed by atoms with Crippen LogP contribution in [0.15, 0.2) is 11.3 Å². The molecule has 0 nitrogen and oxygen atoms in total. The van der Waals surface area contributed by atoms with Crippen LogP contribution in [0.5, 0.6) is 0 Å². The quantitative estimate of drug-likeness (QED) is 0.515. The molecule has 0 saturated heterocycles. The second kappa shape index (κ2) is 3.88. The maximum absolute atomic E-state index is 2.50. The Morgan fingerprint density at radius 3 is 3.00 bits per heavy atom. The van der Waals surface area contributed by atoms with E-state index in [1.165, 1.54) is 31.7 Å². The Kier molecular flexibility index (Phi) is 3.05. The van der Waals surface area contributed by atoms with Crippen molar-refractivity contribution >= 4 is 9.52 Å². The molecule has 0 heterocycles. The van der Waals surface area contributed by atoms with E-state index in [4.69, 9.17) is 0 Å². The van der Waals surface area contributed by atoms with Crippen LogP contribution in [0.4, 0.5) is 0 Å². The minimum absolute atomic E-state index is 0.237. The molecule has 0 fully saturated rings. The Morgan fingerprint density at radius 1 is 1.56 bits per heavy atom. The Hall–Kier alpha value is -0.0431. The third kappa shape index (κ3) is 2.35. The van der Waals surface area contributed by atoms with Crippen LogP contribution in [-0.2, 0) is 0 Å². The summed E-state index contributed by atoms with van der Waals surface area (Å²) in [6, 6.07) is 1.46. The first-order valence-electron chi connectivity index (χ1n) is 4.11. The highest BCUT2D eigenvalue weighted by Gasteiger charge is 2.00. The highest BCUT2D eigenvalue weighted by Crippen LogP contribution is 2.16. The second-order valence-corrected chi connectivity index (χ2v) is 5.27. The maximum Gasteiger partial charge on any atom is 0.0488 e. The predicted molar refractivity (Wildman–Crippen MR) is 45.6 cm³/mol. The molecule has 0 atom stereocenters. The lowest BCUT2D eigenvalue weighted by molar-refractivity contribution is 0.720. The van der Waals surface area contributed by atoms with Crippen molar-refractivity contribution in [1.29, 1.82) is 0 Å². The molecule has 9 heavy (non-hydrogen) atoms. The summed E-state index contributed by atoms with van der Waals surface area (Å²) in [5.74, 6) is 0. The number of rotatable bonds is 2. The number of allylic oxidation sites excluding steroid dienone is 2. The Bertz CT molecular complexity index is 105. The monoisotopic (exact) mass is 140 g/mol. The summed E-state index contributed by atoms with van der Waals surface area (Å²) in [5.41, 5.74) is 0. The van der Waals surface area contributed by atoms with Crippen molar-refractivity contribution in [2.75, 3.05) is 0 Å². The van der Waals surface area contributed by atoms with E-state index in [0.29, 0.717) is 0 Å². The molecule has 0 amide bonds. The Morgan fingerprint density at radius 2 is 2.44 bits per heavy atom. The summed E-state index contributed by atoms with van der Waals surface area (Å²) in [7, 11) is 0.237. The van der Waals surface area contributed by atoms with Crippen LogP contribution in [0.1, 0.15) is 32.6 Å². The van der Waals surface area contributed by atoms with Crippen LogP contribution >= 0.6 is 0 Å². The fraction of sp³-hybridized carbons (Fsp3) is 0.750. The zero-order valence-corrected chi connectivity index (χ0v) is 7.73. The summed E-state index contributed by atoms with van der Waals surface area (Å²) in [6.45, 7) is 2.32. The van der Waals surface area contributed by atoms with E-state index >= 15 is 0 Å². The van der Waals surface area contributed by atoms with Gasteiger partial charge >= 0.3 is 0 Å². The molecule has 1 aliphatic rings. The van der Waals surface area contributed by atoms with Gasteiger partial charge in [0.25, 0.3) is 0 Å². The molecule has 1 rings (SSSR count). The van der Waals surface area contributed by atoms with Crippen molar-refractivity contribution in [1.82, 2.24) is 0 Å². The zero-order chi connectivity index (χ0) is 6.53. The van der Waals surface area contributed by atoms with Gasteiger partial charge in [0.1, 0.15) is 0 Å². The van der Waals surface area contributed by atoms with Gasteiger partial charge in [-0.15, -0.1) is 0 Å². The van der Waals surface area contributed by atoms with Gasteiger partial charge in [-0.1, -0.05) is 24.2 Å². The zero-order valence-electron chi connectivity index (χ0n) is 6.32. The van der Waals surface area contributed by atoms with E-state index < -0.39 is 0 Å². The van der Waals surface area contributed by atoms with Gasteiger partial charge in [0.15, 0.2) is 0 Å². The predicted octanol–water partition coefficient (Wildman–Crippen LogP) is 2.05. The van der Waals surface area contributed by atoms with Crippen LogP contribution in [0, 0.1) is 0 Å². The molecule has 0 spiro atoms. The third-order valence-electron chi connectivity index (χ3n) is 1.96. The largest absolute Gasteiger partial charge is 0.0918 e. The highest BCUT2D eigenvalue weighted by molar-refractivity contribution is 6.45. The lowest BCUT2D eigenvalue weighted by Crippen LogP contribution is -1.98. The molecule has 0 bridgehead atoms. The van der Waals surface area contributed by atoms with Gasteiger partial charge in [-0.25, -0.2) is 0 Å². The van der Waals surface area contributed by atoms with Gasteiger partial charge in [0.05, 0.1) is 0 Å². The van der Waals surface area contributed by atoms with Crippen LogP contribution in [-0.4, -0.2) is 9.52 Å². The van der Waals surface area contributed by atoms with Gasteiger partial charge in [-0.2, -0.15) is 0 Å². The van der Waals surface area contributed by atoms with E-state index in [1.807, 2.05) is 5.20 Å². The van der Waals surface area contributed by atoms with Crippen molar-refractivity contribution in [3.63, 3.8) is 0 Å². The van der Waals surface area contributed by atoms with E-state index in [-0.39, 0.29) is 9.52 Å². The molecule has 0 aromatic rings. The van der Waals surface area contributed by atoms with E-state index in [1.54, 1.807) is 0 Å². The fourth-order valence-electron chi connectivity index (χ4n) is 1.45. The average Bonchev–Trinajstić information content (AvgIpc) is 1.91. The topological polar surface area (TPSA) is 0 Å². The van der Waals surface area contributed by atoms with Gasteiger partial charge in [-0.05, 0) is 25.7 Å². The van der Waals surface area contributed by atoms with Gasteiger partial charge < -0.3 is 0 Å². The smallest absolute Gasteiger partial charge is 0.0488 e. The molecule has 0 saturated carbocycles. The first-order chi connectivity index (χ1) is 4.43. The molecule has 0 unspecified atom stereocenters. The Balaban J connectivity index is 2.28. The molecular weight excluding hydrogens is 124 g/mol. The molecule has 0 radical (unpaired) electrons. The van der Waals surface area contributed by atoms with Crippen molar-refractivity contribution in [3.05, 3.63) is 11.3 Å². The van der Waals surface area contributed by atoms with E-state index in [2.05, 4.69) is 13.0 Å². The summed E-state index contributed by atoms with van der Waals surface area (Å²) in [4.78, 5) is 0. The van der Waals surface area contributed by atoms with Crippen molar-refractivity contribution in [3.8, 4) is 0 Å². The highest BCUT2D eigenvalue weighted by atomic mass is 28.2. The lowest BCUT2D eigenvalue weighted by Gasteiger charge is -2.10. The van der Waals surface area contributed by atoms with E-state index in [9.17, 15) is 0 Å². The summed E-state index contributed by atoms with van der Waals surface area (Å²) in [6.07, 6.45) is 8.24. The minimum atomic E-state index is 0.237. The molecular formula is C8H16Si. The molecule has 0 N–H and O–H groups in total. The van der Waals surface area contributed by atoms with Gasteiger partial charge in [-0.3, -0.25) is 0 Å². The van der Waals surface area contributed by atoms with Crippen LogP contribution in [0.25, 0.3) is 0 Å². The third-order valence-corrected chi connectivity index (χ3v) is 3.74. The summed E-state index contributed by atoms with van der Waals surface area (Å²) >= 11 is 0. The normalized spacial score (nSPS) is 20.8. The van der Waals surface area contributed by atoms with Gasteiger partial charge in [0, 0.05) is 9.52 Å². The van der Waals surface area contributed by atoms with Crippen LogP contribution in [0.2, 0.25) is 6.04 Å². The lowest BCUT2D eigenvalue weighted by atomic mass is 10.1. The SMILES string of the molecule is CC[SiH2]C1=CCCCC1. The summed E-state index contributed by atoms with van der Waals surface area (Å²) < 4.78 is 0. The van der Waals surface area contributed by atoms with Gasteiger partial charge in [0.2, 0.25) is 0 Å². The summed E-state index contributed by atoms with van der Waals surface area (Å²) in [5, 5.41) is 1.85. The molecule has 0 aliphatic heterocycles. The number of hydrogen-bond acceptors (Lipinski definition) is 0. The van der Waals surface area contributed by atoms with Crippen LogP contribution < -0.4 is 0 Å². The Labute approximate surface area is 60.2 Å². The second-order valence-electron chi connectivity index (χ2n) is 2.86. The standard InChI is InChI=1S/C8H16Si/c1-2-9-8-6-4-3-5-7-8/h6H,2-5,7,9H2,1H3. The maximum atomic E-state index is 2.50. The molecule has 1 aliphatic carbocycles. The van der Waals surface area contributed by atoms with Crippen molar-refractivity contribution in [2.24, 2.45) is 0 Å². The molecule has 52 valence electrons. The molecule has 0 aromatic carbocycles. The van der Waals surface area contributed by atoms with Crippen molar-refractivity contribution < 1.29 is 0 Å². The molecule has 0 aromatic heterocycles.